The van der Waals surface area contributed by atoms with Gasteiger partial charge in [0.15, 0.2) is 0 Å². The summed E-state index contributed by atoms with van der Waals surface area (Å²) < 4.78 is 13.3. The van der Waals surface area contributed by atoms with Gasteiger partial charge in [-0.15, -0.1) is 0 Å². The van der Waals surface area contributed by atoms with Crippen LogP contribution in [-0.2, 0) is 0 Å². The summed E-state index contributed by atoms with van der Waals surface area (Å²) >= 11 is 0. The molecule has 0 bridgehead atoms. The zero-order chi connectivity index (χ0) is 17.8. The normalized spacial score (nSPS) is 14.3. The Morgan fingerprint density at radius 3 is 2.40 bits per heavy atom. The molecule has 3 rings (SSSR count). The van der Waals surface area contributed by atoms with Gasteiger partial charge in [-0.1, -0.05) is 18.2 Å². The van der Waals surface area contributed by atoms with Crippen LogP contribution in [0.2, 0.25) is 0 Å². The number of anilines is 2. The first-order valence-corrected chi connectivity index (χ1v) is 7.84. The fourth-order valence-corrected chi connectivity index (χ4v) is 2.74. The number of nitrogens with one attached hydrogen (secondary N) is 1. The van der Waals surface area contributed by atoms with Crippen molar-refractivity contribution in [2.75, 3.05) is 36.4 Å². The smallest absolute Gasteiger partial charge is 0.321 e. The Balaban J connectivity index is 1.60. The van der Waals surface area contributed by atoms with Crippen molar-refractivity contribution in [2.45, 2.75) is 0 Å². The highest BCUT2D eigenvalue weighted by Crippen LogP contribution is 2.22. The fourth-order valence-electron chi connectivity index (χ4n) is 2.74. The monoisotopic (exact) mass is 344 g/mol. The number of para-hydroxylation sites is 1. The Morgan fingerprint density at radius 1 is 1.08 bits per heavy atom. The van der Waals surface area contributed by atoms with E-state index in [0.717, 1.165) is 17.8 Å². The van der Waals surface area contributed by atoms with Crippen LogP contribution in [0, 0.1) is 15.9 Å². The number of hydrogen-bond acceptors (Lipinski definition) is 4. The molecule has 130 valence electrons. The molecule has 25 heavy (non-hydrogen) atoms. The molecule has 1 saturated heterocycles. The highest BCUT2D eigenvalue weighted by atomic mass is 19.1. The van der Waals surface area contributed by atoms with E-state index in [-0.39, 0.29) is 11.7 Å². The van der Waals surface area contributed by atoms with Crippen LogP contribution in [0.1, 0.15) is 0 Å². The van der Waals surface area contributed by atoms with Crippen molar-refractivity contribution in [3.8, 4) is 0 Å². The summed E-state index contributed by atoms with van der Waals surface area (Å²) in [5.74, 6) is -0.931. The van der Waals surface area contributed by atoms with E-state index in [0.29, 0.717) is 26.2 Å². The van der Waals surface area contributed by atoms with Gasteiger partial charge in [0.1, 0.15) is 0 Å². The number of carbonyl (C=O) groups excluding carboxylic acids is 1. The number of halogens is 1. The molecule has 2 amide bonds. The summed E-state index contributed by atoms with van der Waals surface area (Å²) in [5, 5.41) is 13.4. The molecule has 1 aliphatic rings. The number of nitro groups is 1. The first-order valence-electron chi connectivity index (χ1n) is 7.84. The number of benzene rings is 2. The molecule has 0 spiro atoms. The lowest BCUT2D eigenvalue weighted by molar-refractivity contribution is -0.387. The van der Waals surface area contributed by atoms with Crippen molar-refractivity contribution < 1.29 is 14.1 Å². The predicted molar refractivity (Wildman–Crippen MR) is 92.3 cm³/mol. The minimum atomic E-state index is -0.931. The van der Waals surface area contributed by atoms with Gasteiger partial charge in [-0.3, -0.25) is 10.1 Å². The molecule has 0 atom stereocenters. The zero-order valence-electron chi connectivity index (χ0n) is 13.4. The first kappa shape index (κ1) is 16.7. The van der Waals surface area contributed by atoms with E-state index in [4.69, 9.17) is 0 Å². The molecule has 2 aromatic carbocycles. The first-order chi connectivity index (χ1) is 12.0. The number of carbonyl (C=O) groups is 1. The van der Waals surface area contributed by atoms with Crippen molar-refractivity contribution in [3.63, 3.8) is 0 Å². The molecule has 7 nitrogen and oxygen atoms in total. The number of piperazine rings is 1. The lowest BCUT2D eigenvalue weighted by atomic mass is 10.2. The number of nitro benzene ring substituents is 1. The predicted octanol–water partition coefficient (Wildman–Crippen LogP) is 3.09. The average molecular weight is 344 g/mol. The summed E-state index contributed by atoms with van der Waals surface area (Å²) in [6.07, 6.45) is 0. The molecular formula is C17H17FN4O3. The summed E-state index contributed by atoms with van der Waals surface area (Å²) in [7, 11) is 0. The number of amides is 2. The van der Waals surface area contributed by atoms with Gasteiger partial charge in [0.05, 0.1) is 4.92 Å². The molecule has 1 aliphatic heterocycles. The molecule has 1 N–H and O–H groups in total. The van der Waals surface area contributed by atoms with Crippen LogP contribution in [-0.4, -0.2) is 42.0 Å². The maximum absolute atomic E-state index is 13.3. The topological polar surface area (TPSA) is 78.7 Å². The van der Waals surface area contributed by atoms with Crippen molar-refractivity contribution >= 4 is 23.1 Å². The second kappa shape index (κ2) is 7.16. The van der Waals surface area contributed by atoms with Crippen LogP contribution in [0.3, 0.4) is 0 Å². The maximum atomic E-state index is 13.3. The number of urea groups is 1. The second-order valence-electron chi connectivity index (χ2n) is 5.66. The van der Waals surface area contributed by atoms with Crippen LogP contribution in [0.15, 0.2) is 48.5 Å². The molecule has 1 heterocycles. The molecule has 0 aliphatic carbocycles. The van der Waals surface area contributed by atoms with Gasteiger partial charge < -0.3 is 15.1 Å². The lowest BCUT2D eigenvalue weighted by Crippen LogP contribution is -2.50. The molecule has 0 aromatic heterocycles. The molecule has 2 aromatic rings. The molecular weight excluding hydrogens is 327 g/mol. The lowest BCUT2D eigenvalue weighted by Gasteiger charge is -2.36. The molecule has 8 heteroatoms. The van der Waals surface area contributed by atoms with Crippen LogP contribution in [0.5, 0.6) is 0 Å². The van der Waals surface area contributed by atoms with Gasteiger partial charge in [0, 0.05) is 43.6 Å². The molecule has 0 saturated carbocycles. The fraction of sp³-hybridized carbons (Fsp3) is 0.235. The van der Waals surface area contributed by atoms with Gasteiger partial charge in [-0.05, 0) is 24.3 Å². The summed E-state index contributed by atoms with van der Waals surface area (Å²) in [6.45, 7) is 2.45. The van der Waals surface area contributed by atoms with Crippen LogP contribution < -0.4 is 10.2 Å². The number of rotatable bonds is 3. The summed E-state index contributed by atoms with van der Waals surface area (Å²) in [4.78, 5) is 26.1. The number of nitrogens with zero attached hydrogens (tertiary/aromatic N) is 3. The summed E-state index contributed by atoms with van der Waals surface area (Å²) in [5.41, 5.74) is 0.645. The van der Waals surface area contributed by atoms with E-state index >= 15 is 0 Å². The minimum Gasteiger partial charge on any atom is -0.368 e. The quantitative estimate of drug-likeness (QED) is 0.685. The highest BCUT2D eigenvalue weighted by Gasteiger charge is 2.22. The maximum Gasteiger partial charge on any atom is 0.321 e. The van der Waals surface area contributed by atoms with Crippen molar-refractivity contribution in [1.82, 2.24) is 4.90 Å². The third-order valence-electron chi connectivity index (χ3n) is 4.08. The third-order valence-corrected chi connectivity index (χ3v) is 4.08. The average Bonchev–Trinajstić information content (AvgIpc) is 2.64. The molecule has 0 radical (unpaired) electrons. The zero-order valence-corrected chi connectivity index (χ0v) is 13.4. The Morgan fingerprint density at radius 2 is 1.76 bits per heavy atom. The Labute approximate surface area is 143 Å². The van der Waals surface area contributed by atoms with Gasteiger partial charge in [-0.25, -0.2) is 4.79 Å². The highest BCUT2D eigenvalue weighted by molar-refractivity contribution is 5.89. The second-order valence-corrected chi connectivity index (χ2v) is 5.66. The van der Waals surface area contributed by atoms with E-state index in [1.54, 1.807) is 4.90 Å². The molecule has 1 fully saturated rings. The third kappa shape index (κ3) is 3.85. The van der Waals surface area contributed by atoms with Gasteiger partial charge in [0.2, 0.25) is 5.82 Å². The standard InChI is InChI=1S/C17H17FN4O3/c18-15-7-6-13(12-16(15)22(24)25)19-17(23)21-10-8-20(9-11-21)14-4-2-1-3-5-14/h1-7,12H,8-11H2,(H,19,23). The Bertz CT molecular complexity index is 777. The van der Waals surface area contributed by atoms with Gasteiger partial charge >= 0.3 is 11.7 Å². The van der Waals surface area contributed by atoms with Crippen LogP contribution in [0.4, 0.5) is 26.2 Å². The van der Waals surface area contributed by atoms with E-state index in [2.05, 4.69) is 10.2 Å². The van der Waals surface area contributed by atoms with E-state index in [1.807, 2.05) is 30.3 Å². The van der Waals surface area contributed by atoms with Crippen molar-refractivity contribution in [2.24, 2.45) is 0 Å². The Hall–Kier alpha value is -3.16. The van der Waals surface area contributed by atoms with Crippen LogP contribution in [0.25, 0.3) is 0 Å². The number of hydrogen-bond donors (Lipinski definition) is 1. The SMILES string of the molecule is O=C(Nc1ccc(F)c([N+](=O)[O-])c1)N1CCN(c2ccccc2)CC1. The van der Waals surface area contributed by atoms with Crippen molar-refractivity contribution in [1.29, 1.82) is 0 Å². The van der Waals surface area contributed by atoms with Gasteiger partial charge in [0.25, 0.3) is 0 Å². The van der Waals surface area contributed by atoms with Crippen molar-refractivity contribution in [3.05, 3.63) is 64.5 Å². The summed E-state index contributed by atoms with van der Waals surface area (Å²) in [6, 6.07) is 12.9. The van der Waals surface area contributed by atoms with Crippen LogP contribution >= 0.6 is 0 Å². The largest absolute Gasteiger partial charge is 0.368 e. The van der Waals surface area contributed by atoms with E-state index < -0.39 is 16.4 Å². The van der Waals surface area contributed by atoms with E-state index in [9.17, 15) is 19.3 Å². The Kier molecular flexibility index (Phi) is 4.78. The molecule has 0 unspecified atom stereocenters. The van der Waals surface area contributed by atoms with Gasteiger partial charge in [-0.2, -0.15) is 4.39 Å². The van der Waals surface area contributed by atoms with E-state index in [1.165, 1.54) is 6.07 Å². The minimum absolute atomic E-state index is 0.198.